The van der Waals surface area contributed by atoms with Crippen LogP contribution in [0, 0.1) is 5.92 Å². The molecule has 1 aromatic rings. The minimum absolute atomic E-state index is 0.211. The molecule has 2 heteroatoms. The Morgan fingerprint density at radius 3 is 2.50 bits per heavy atom. The van der Waals surface area contributed by atoms with E-state index in [-0.39, 0.29) is 6.61 Å². The zero-order valence-corrected chi connectivity index (χ0v) is 8.28. The van der Waals surface area contributed by atoms with Crippen molar-refractivity contribution >= 4 is 0 Å². The summed E-state index contributed by atoms with van der Waals surface area (Å²) in [4.78, 5) is 0. The van der Waals surface area contributed by atoms with Crippen molar-refractivity contribution in [3.05, 3.63) is 29.8 Å². The first kappa shape index (κ1) is 9.53. The number of aliphatic hydroxyl groups excluding tert-OH is 1. The molecule has 0 aliphatic heterocycles. The highest BCUT2D eigenvalue weighted by atomic mass is 16.5. The van der Waals surface area contributed by atoms with Gasteiger partial charge in [0.25, 0.3) is 0 Å². The summed E-state index contributed by atoms with van der Waals surface area (Å²) < 4.78 is 5.60. The molecule has 2 rings (SSSR count). The fourth-order valence-electron chi connectivity index (χ4n) is 1.38. The summed E-state index contributed by atoms with van der Waals surface area (Å²) in [5, 5.41) is 8.74. The molecule has 0 bridgehead atoms. The van der Waals surface area contributed by atoms with E-state index in [1.165, 1.54) is 12.8 Å². The van der Waals surface area contributed by atoms with Gasteiger partial charge in [0.05, 0.1) is 6.61 Å². The van der Waals surface area contributed by atoms with E-state index >= 15 is 0 Å². The van der Waals surface area contributed by atoms with Crippen molar-refractivity contribution in [2.75, 3.05) is 13.2 Å². The highest BCUT2D eigenvalue weighted by Crippen LogP contribution is 2.29. The predicted molar refractivity (Wildman–Crippen MR) is 55.5 cm³/mol. The fourth-order valence-corrected chi connectivity index (χ4v) is 1.38. The van der Waals surface area contributed by atoms with Gasteiger partial charge in [-0.05, 0) is 42.9 Å². The van der Waals surface area contributed by atoms with Gasteiger partial charge >= 0.3 is 0 Å². The molecule has 0 spiro atoms. The van der Waals surface area contributed by atoms with Gasteiger partial charge in [0, 0.05) is 6.61 Å². The van der Waals surface area contributed by atoms with Crippen LogP contribution in [0.15, 0.2) is 24.3 Å². The van der Waals surface area contributed by atoms with Crippen molar-refractivity contribution < 1.29 is 9.84 Å². The average molecular weight is 192 g/mol. The number of rotatable bonds is 5. The molecule has 0 unspecified atom stereocenters. The lowest BCUT2D eigenvalue weighted by Gasteiger charge is -2.05. The summed E-state index contributed by atoms with van der Waals surface area (Å²) in [5.41, 5.74) is 1.16. The van der Waals surface area contributed by atoms with E-state index < -0.39 is 0 Å². The van der Waals surface area contributed by atoms with Crippen LogP contribution in [0.5, 0.6) is 5.75 Å². The maximum Gasteiger partial charge on any atom is 0.119 e. The topological polar surface area (TPSA) is 29.5 Å². The number of aliphatic hydroxyl groups is 1. The molecule has 1 fully saturated rings. The van der Waals surface area contributed by atoms with E-state index in [1.807, 2.05) is 24.3 Å². The van der Waals surface area contributed by atoms with Crippen molar-refractivity contribution in [3.8, 4) is 5.75 Å². The van der Waals surface area contributed by atoms with Crippen LogP contribution in [-0.2, 0) is 6.42 Å². The van der Waals surface area contributed by atoms with Crippen molar-refractivity contribution in [2.45, 2.75) is 19.3 Å². The second-order valence-electron chi connectivity index (χ2n) is 3.87. The minimum atomic E-state index is 0.211. The first-order valence-corrected chi connectivity index (χ1v) is 5.21. The Morgan fingerprint density at radius 2 is 1.93 bits per heavy atom. The second kappa shape index (κ2) is 4.47. The third-order valence-corrected chi connectivity index (χ3v) is 2.51. The molecule has 0 atom stereocenters. The SMILES string of the molecule is OCCc1ccc(OCC2CC2)cc1. The highest BCUT2D eigenvalue weighted by Gasteiger charge is 2.21. The van der Waals surface area contributed by atoms with Crippen LogP contribution in [0.25, 0.3) is 0 Å². The van der Waals surface area contributed by atoms with Gasteiger partial charge in [-0.2, -0.15) is 0 Å². The lowest BCUT2D eigenvalue weighted by Crippen LogP contribution is -1.99. The zero-order chi connectivity index (χ0) is 9.80. The van der Waals surface area contributed by atoms with Crippen molar-refractivity contribution in [3.63, 3.8) is 0 Å². The Hall–Kier alpha value is -1.02. The summed E-state index contributed by atoms with van der Waals surface area (Å²) in [6.45, 7) is 1.07. The first-order valence-electron chi connectivity index (χ1n) is 5.21. The van der Waals surface area contributed by atoms with Gasteiger partial charge in [-0.15, -0.1) is 0 Å². The Morgan fingerprint density at radius 1 is 1.21 bits per heavy atom. The molecule has 1 aromatic carbocycles. The summed E-state index contributed by atoms with van der Waals surface area (Å²) in [6.07, 6.45) is 3.37. The largest absolute Gasteiger partial charge is 0.493 e. The van der Waals surface area contributed by atoms with Crippen LogP contribution in [0.3, 0.4) is 0 Å². The number of hydrogen-bond acceptors (Lipinski definition) is 2. The molecule has 0 amide bonds. The Kier molecular flexibility index (Phi) is 3.04. The molecule has 2 nitrogen and oxygen atoms in total. The number of benzene rings is 1. The van der Waals surface area contributed by atoms with Gasteiger partial charge in [0.15, 0.2) is 0 Å². The lowest BCUT2D eigenvalue weighted by molar-refractivity contribution is 0.296. The van der Waals surface area contributed by atoms with Crippen LogP contribution in [-0.4, -0.2) is 18.3 Å². The smallest absolute Gasteiger partial charge is 0.119 e. The molecule has 76 valence electrons. The average Bonchev–Trinajstić information content (AvgIpc) is 3.01. The maximum atomic E-state index is 8.74. The molecular formula is C12H16O2. The standard InChI is InChI=1S/C12H16O2/c13-8-7-10-3-5-12(6-4-10)14-9-11-1-2-11/h3-6,11,13H,1-2,7-9H2. The molecule has 0 radical (unpaired) electrons. The van der Waals surface area contributed by atoms with Crippen LogP contribution in [0.4, 0.5) is 0 Å². The normalized spacial score (nSPS) is 15.5. The Labute approximate surface area is 84.5 Å². The monoisotopic (exact) mass is 192 g/mol. The first-order chi connectivity index (χ1) is 6.88. The van der Waals surface area contributed by atoms with Crippen LogP contribution >= 0.6 is 0 Å². The molecule has 14 heavy (non-hydrogen) atoms. The number of ether oxygens (including phenoxy) is 1. The Bertz CT molecular complexity index is 275. The van der Waals surface area contributed by atoms with Crippen molar-refractivity contribution in [1.29, 1.82) is 0 Å². The van der Waals surface area contributed by atoms with E-state index in [0.717, 1.165) is 30.3 Å². The van der Waals surface area contributed by atoms with E-state index in [9.17, 15) is 0 Å². The quantitative estimate of drug-likeness (QED) is 0.773. The lowest BCUT2D eigenvalue weighted by atomic mass is 10.1. The van der Waals surface area contributed by atoms with Gasteiger partial charge in [0.1, 0.15) is 5.75 Å². The van der Waals surface area contributed by atoms with E-state index in [2.05, 4.69) is 0 Å². The zero-order valence-electron chi connectivity index (χ0n) is 8.28. The molecule has 0 saturated heterocycles. The molecular weight excluding hydrogens is 176 g/mol. The third-order valence-electron chi connectivity index (χ3n) is 2.51. The van der Waals surface area contributed by atoms with Crippen LogP contribution < -0.4 is 4.74 Å². The fraction of sp³-hybridized carbons (Fsp3) is 0.500. The summed E-state index contributed by atoms with van der Waals surface area (Å²) >= 11 is 0. The molecule has 1 aliphatic rings. The van der Waals surface area contributed by atoms with Crippen LogP contribution in [0.1, 0.15) is 18.4 Å². The third kappa shape index (κ3) is 2.74. The van der Waals surface area contributed by atoms with Gasteiger partial charge in [-0.3, -0.25) is 0 Å². The second-order valence-corrected chi connectivity index (χ2v) is 3.87. The summed E-state index contributed by atoms with van der Waals surface area (Å²) in [5.74, 6) is 1.74. The van der Waals surface area contributed by atoms with Crippen molar-refractivity contribution in [1.82, 2.24) is 0 Å². The number of hydrogen-bond donors (Lipinski definition) is 1. The summed E-state index contributed by atoms with van der Waals surface area (Å²) in [7, 11) is 0. The molecule has 1 saturated carbocycles. The van der Waals surface area contributed by atoms with E-state index in [1.54, 1.807) is 0 Å². The summed E-state index contributed by atoms with van der Waals surface area (Å²) in [6, 6.07) is 7.98. The molecule has 0 aromatic heterocycles. The molecule has 0 heterocycles. The van der Waals surface area contributed by atoms with Gasteiger partial charge < -0.3 is 9.84 Å². The van der Waals surface area contributed by atoms with Gasteiger partial charge in [0.2, 0.25) is 0 Å². The Balaban J connectivity index is 1.84. The predicted octanol–water partition coefficient (Wildman–Crippen LogP) is 2.01. The van der Waals surface area contributed by atoms with E-state index in [0.29, 0.717) is 0 Å². The highest BCUT2D eigenvalue weighted by molar-refractivity contribution is 5.27. The van der Waals surface area contributed by atoms with E-state index in [4.69, 9.17) is 9.84 Å². The minimum Gasteiger partial charge on any atom is -0.493 e. The van der Waals surface area contributed by atoms with Gasteiger partial charge in [-0.25, -0.2) is 0 Å². The van der Waals surface area contributed by atoms with Crippen molar-refractivity contribution in [2.24, 2.45) is 5.92 Å². The molecule has 1 N–H and O–H groups in total. The molecule has 1 aliphatic carbocycles. The van der Waals surface area contributed by atoms with Crippen LogP contribution in [0.2, 0.25) is 0 Å². The van der Waals surface area contributed by atoms with Gasteiger partial charge in [-0.1, -0.05) is 12.1 Å². The maximum absolute atomic E-state index is 8.74.